The van der Waals surface area contributed by atoms with Crippen LogP contribution in [-0.2, 0) is 0 Å². The van der Waals surface area contributed by atoms with Gasteiger partial charge < -0.3 is 16.5 Å². The lowest BCUT2D eigenvalue weighted by atomic mass is 10.1. The van der Waals surface area contributed by atoms with Crippen LogP contribution in [0.2, 0.25) is 0 Å². The van der Waals surface area contributed by atoms with Crippen LogP contribution >= 0.6 is 0 Å². The summed E-state index contributed by atoms with van der Waals surface area (Å²) in [7, 11) is 1.58. The van der Waals surface area contributed by atoms with Crippen molar-refractivity contribution in [2.75, 3.05) is 17.7 Å². The number of rotatable bonds is 6. The SMILES string of the molecule is CN=C(NN)N/N=C(/C)c1ccc(NC(=O)Nc2ccc(/C(C)=N\N/C(=N/N)NN)cc2)cc1. The number of hydrogen-bond donors (Lipinski definition) is 9. The maximum Gasteiger partial charge on any atom is 0.323 e. The lowest BCUT2D eigenvalue weighted by Gasteiger charge is -2.10. The summed E-state index contributed by atoms with van der Waals surface area (Å²) in [6, 6.07) is 14.0. The number of amides is 2. The highest BCUT2D eigenvalue weighted by Gasteiger charge is 2.05. The molecule has 2 aromatic carbocycles. The molecule has 34 heavy (non-hydrogen) atoms. The quantitative estimate of drug-likeness (QED) is 0.122. The summed E-state index contributed by atoms with van der Waals surface area (Å²) >= 11 is 0. The molecule has 2 amide bonds. The van der Waals surface area contributed by atoms with Crippen LogP contribution in [0.3, 0.4) is 0 Å². The van der Waals surface area contributed by atoms with Gasteiger partial charge >= 0.3 is 6.03 Å². The maximum absolute atomic E-state index is 12.3. The molecule has 0 unspecified atom stereocenters. The fourth-order valence-electron chi connectivity index (χ4n) is 2.53. The van der Waals surface area contributed by atoms with E-state index in [1.807, 2.05) is 31.2 Å². The first-order valence-corrected chi connectivity index (χ1v) is 9.97. The average Bonchev–Trinajstić information content (AvgIpc) is 2.85. The summed E-state index contributed by atoms with van der Waals surface area (Å²) in [6.07, 6.45) is 0. The highest BCUT2D eigenvalue weighted by atomic mass is 16.2. The van der Waals surface area contributed by atoms with Crippen LogP contribution in [0.15, 0.2) is 68.8 Å². The van der Waals surface area contributed by atoms with E-state index in [9.17, 15) is 4.79 Å². The monoisotopic (exact) mass is 467 g/mol. The lowest BCUT2D eigenvalue weighted by Crippen LogP contribution is -2.40. The molecule has 0 aliphatic heterocycles. The highest BCUT2D eigenvalue weighted by molar-refractivity contribution is 6.03. The first-order valence-electron chi connectivity index (χ1n) is 9.97. The number of nitrogens with zero attached hydrogens (tertiary/aromatic N) is 4. The molecule has 2 aromatic rings. The summed E-state index contributed by atoms with van der Waals surface area (Å²) in [5.74, 6) is 16.1. The molecule has 0 radical (unpaired) electrons. The second kappa shape index (κ2) is 13.0. The van der Waals surface area contributed by atoms with Crippen molar-refractivity contribution in [3.05, 3.63) is 59.7 Å². The Bertz CT molecular complexity index is 987. The van der Waals surface area contributed by atoms with Gasteiger partial charge in [0.05, 0.1) is 11.4 Å². The molecule has 0 saturated carbocycles. The number of carbonyl (C=O) groups excluding carboxylic acids is 1. The van der Waals surface area contributed by atoms with E-state index in [0.29, 0.717) is 28.8 Å². The van der Waals surface area contributed by atoms with Crippen molar-refractivity contribution >= 4 is 40.7 Å². The third-order valence-corrected chi connectivity index (χ3v) is 4.41. The number of nitrogens with two attached hydrogens (primary N) is 3. The largest absolute Gasteiger partial charge is 0.323 e. The Morgan fingerprint density at radius 3 is 1.50 bits per heavy atom. The van der Waals surface area contributed by atoms with Gasteiger partial charge in [0, 0.05) is 18.4 Å². The molecule has 0 heterocycles. The van der Waals surface area contributed by atoms with E-state index in [2.05, 4.69) is 52.6 Å². The number of urea groups is 1. The molecule has 14 nitrogen and oxygen atoms in total. The van der Waals surface area contributed by atoms with Crippen molar-refractivity contribution in [2.45, 2.75) is 13.8 Å². The summed E-state index contributed by atoms with van der Waals surface area (Å²) in [5.41, 5.74) is 14.3. The Kier molecular flexibility index (Phi) is 9.77. The van der Waals surface area contributed by atoms with Crippen LogP contribution in [0.4, 0.5) is 16.2 Å². The first kappa shape index (κ1) is 25.6. The van der Waals surface area contributed by atoms with Crippen molar-refractivity contribution < 1.29 is 4.79 Å². The topological polar surface area (TPSA) is 217 Å². The minimum atomic E-state index is -0.379. The molecule has 0 fully saturated rings. The second-order valence-corrected chi connectivity index (χ2v) is 6.69. The van der Waals surface area contributed by atoms with Crippen LogP contribution in [0.5, 0.6) is 0 Å². The molecule has 0 spiro atoms. The number of carbonyl (C=O) groups is 1. The zero-order valence-corrected chi connectivity index (χ0v) is 19.0. The summed E-state index contributed by atoms with van der Waals surface area (Å²) < 4.78 is 0. The van der Waals surface area contributed by atoms with Gasteiger partial charge in [-0.05, 0) is 49.2 Å². The van der Waals surface area contributed by atoms with Gasteiger partial charge in [-0.3, -0.25) is 15.8 Å². The Hall–Kier alpha value is -4.69. The Morgan fingerprint density at radius 2 is 1.15 bits per heavy atom. The van der Waals surface area contributed by atoms with E-state index in [1.165, 1.54) is 0 Å². The second-order valence-electron chi connectivity index (χ2n) is 6.69. The Balaban J connectivity index is 1.93. The van der Waals surface area contributed by atoms with E-state index < -0.39 is 0 Å². The minimum Gasteiger partial charge on any atom is -0.320 e. The van der Waals surface area contributed by atoms with Gasteiger partial charge in [0.1, 0.15) is 0 Å². The average molecular weight is 468 g/mol. The number of guanidine groups is 2. The standard InChI is InChI=1S/C20H29N13O/c1-12(30-32-18(24-3)27-21)14-4-8-16(9-5-14)25-20(34)26-17-10-6-15(7-11-17)13(2)31-33-19(28-22)29-23/h4-11H,21-23H2,1-3H3,(H2,24,27,32)(H2,25,26,34)(H2,28,29,33)/b30-12-,31-13-. The number of anilines is 2. The number of aliphatic imine (C=N–C) groups is 1. The predicted molar refractivity (Wildman–Crippen MR) is 136 cm³/mol. The first-order chi connectivity index (χ1) is 16.4. The van der Waals surface area contributed by atoms with Gasteiger partial charge in [-0.15, -0.1) is 5.10 Å². The Morgan fingerprint density at radius 1 is 0.735 bits per heavy atom. The van der Waals surface area contributed by atoms with Crippen molar-refractivity contribution in [2.24, 2.45) is 37.8 Å². The molecule has 180 valence electrons. The molecular formula is C20H29N13O. The van der Waals surface area contributed by atoms with Gasteiger partial charge in [0.25, 0.3) is 0 Å². The van der Waals surface area contributed by atoms with Crippen molar-refractivity contribution in [3.8, 4) is 0 Å². The number of benzene rings is 2. The van der Waals surface area contributed by atoms with Gasteiger partial charge in [-0.2, -0.15) is 10.2 Å². The van der Waals surface area contributed by atoms with Crippen molar-refractivity contribution in [3.63, 3.8) is 0 Å². The van der Waals surface area contributed by atoms with E-state index >= 15 is 0 Å². The zero-order valence-electron chi connectivity index (χ0n) is 19.0. The van der Waals surface area contributed by atoms with E-state index in [0.717, 1.165) is 11.1 Å². The summed E-state index contributed by atoms with van der Waals surface area (Å²) in [6.45, 7) is 3.63. The van der Waals surface area contributed by atoms with Crippen molar-refractivity contribution in [1.29, 1.82) is 0 Å². The summed E-state index contributed by atoms with van der Waals surface area (Å²) in [5, 5.41) is 17.2. The minimum absolute atomic E-state index is 0.116. The molecule has 0 aliphatic carbocycles. The van der Waals surface area contributed by atoms with E-state index in [-0.39, 0.29) is 12.0 Å². The lowest BCUT2D eigenvalue weighted by molar-refractivity contribution is 0.262. The van der Waals surface area contributed by atoms with Crippen LogP contribution in [-0.4, -0.2) is 36.4 Å². The molecule has 0 aliphatic rings. The smallest absolute Gasteiger partial charge is 0.320 e. The molecule has 14 heteroatoms. The molecule has 0 bridgehead atoms. The van der Waals surface area contributed by atoms with Gasteiger partial charge in [0.15, 0.2) is 0 Å². The fraction of sp³-hybridized carbons (Fsp3) is 0.150. The molecule has 12 N–H and O–H groups in total. The van der Waals surface area contributed by atoms with Crippen LogP contribution in [0.1, 0.15) is 25.0 Å². The van der Waals surface area contributed by atoms with Gasteiger partial charge in [0.2, 0.25) is 11.9 Å². The predicted octanol–water partition coefficient (Wildman–Crippen LogP) is 0.0999. The zero-order chi connectivity index (χ0) is 24.9. The normalized spacial score (nSPS) is 12.6. The van der Waals surface area contributed by atoms with Crippen molar-refractivity contribution in [1.82, 2.24) is 21.7 Å². The van der Waals surface area contributed by atoms with Crippen LogP contribution in [0, 0.1) is 0 Å². The molecule has 2 rings (SSSR count). The third kappa shape index (κ3) is 7.77. The maximum atomic E-state index is 12.3. The van der Waals surface area contributed by atoms with Crippen LogP contribution in [0.25, 0.3) is 0 Å². The number of nitrogens with one attached hydrogen (secondary N) is 6. The fourth-order valence-corrected chi connectivity index (χ4v) is 2.53. The van der Waals surface area contributed by atoms with Gasteiger partial charge in [-0.1, -0.05) is 24.3 Å². The molecule has 0 saturated heterocycles. The Labute approximate surface area is 196 Å². The number of hydrazine groups is 2. The summed E-state index contributed by atoms with van der Waals surface area (Å²) in [4.78, 5) is 16.2. The van der Waals surface area contributed by atoms with E-state index in [1.54, 1.807) is 38.2 Å². The third-order valence-electron chi connectivity index (χ3n) is 4.41. The van der Waals surface area contributed by atoms with Crippen LogP contribution < -0.4 is 49.9 Å². The highest BCUT2D eigenvalue weighted by Crippen LogP contribution is 2.13. The van der Waals surface area contributed by atoms with Gasteiger partial charge in [-0.25, -0.2) is 27.3 Å². The van der Waals surface area contributed by atoms with E-state index in [4.69, 9.17) is 17.5 Å². The number of hydrogen-bond acceptors (Lipinski definition) is 8. The molecule has 0 aromatic heterocycles. The molecular weight excluding hydrogens is 438 g/mol. The number of hydrazone groups is 3. The molecule has 0 atom stereocenters.